The van der Waals surface area contributed by atoms with E-state index in [1.54, 1.807) is 0 Å². The van der Waals surface area contributed by atoms with Crippen molar-refractivity contribution >= 4 is 13.4 Å². The predicted molar refractivity (Wildman–Crippen MR) is 55.5 cm³/mol. The van der Waals surface area contributed by atoms with E-state index >= 15 is 0 Å². The molecule has 0 unspecified atom stereocenters. The molecule has 0 amide bonds. The third-order valence-corrected chi connectivity index (χ3v) is 2.55. The molecule has 1 nitrogen and oxygen atoms in total. The van der Waals surface area contributed by atoms with Crippen molar-refractivity contribution in [1.82, 2.24) is 4.90 Å². The highest BCUT2D eigenvalue weighted by Crippen LogP contribution is 2.17. The van der Waals surface area contributed by atoms with E-state index in [0.717, 1.165) is 12.0 Å². The second-order valence-electron chi connectivity index (χ2n) is 3.81. The second-order valence-corrected chi connectivity index (χ2v) is 3.81. The highest BCUT2D eigenvalue weighted by atomic mass is 32.1. The number of piperidine rings is 1. The average Bonchev–Trinajstić information content (AvgIpc) is 2.09. The van der Waals surface area contributed by atoms with E-state index < -0.39 is 0 Å². The van der Waals surface area contributed by atoms with Crippen LogP contribution in [0.3, 0.4) is 0 Å². The van der Waals surface area contributed by atoms with E-state index in [4.69, 9.17) is 1.12 Å². The van der Waals surface area contributed by atoms with Crippen LogP contribution >= 0.6 is 13.4 Å². The standard InChI is InChI=1S/C9H19N.H2S/c1-8(2)10-6-4-9(3)5-7-10;/h8-9H,4-7H2,1-3H3;1H2/i/hD. The van der Waals surface area contributed by atoms with Crippen molar-refractivity contribution in [2.24, 2.45) is 5.92 Å². The van der Waals surface area contributed by atoms with Gasteiger partial charge in [0.1, 0.15) is 0 Å². The molecule has 0 aliphatic carbocycles. The van der Waals surface area contributed by atoms with E-state index in [0.29, 0.717) is 0 Å². The van der Waals surface area contributed by atoms with Crippen molar-refractivity contribution in [3.05, 3.63) is 0 Å². The molecular formula is C9H21NS. The summed E-state index contributed by atoms with van der Waals surface area (Å²) in [4.78, 5) is 2.57. The second kappa shape index (κ2) is 5.04. The van der Waals surface area contributed by atoms with E-state index in [1.165, 1.54) is 25.9 Å². The molecule has 68 valence electrons. The fraction of sp³-hybridized carbons (Fsp3) is 1.00. The van der Waals surface area contributed by atoms with Crippen LogP contribution in [-0.2, 0) is 0 Å². The molecule has 0 spiro atoms. The molecule has 11 heavy (non-hydrogen) atoms. The van der Waals surface area contributed by atoms with Gasteiger partial charge in [-0.1, -0.05) is 6.92 Å². The molecule has 0 atom stereocenters. The summed E-state index contributed by atoms with van der Waals surface area (Å²) in [6.07, 6.45) is 2.80. The maximum absolute atomic E-state index is 5.44. The first-order chi connectivity index (χ1) is 5.70. The average molecular weight is 176 g/mol. The van der Waals surface area contributed by atoms with Crippen molar-refractivity contribution in [3.8, 4) is 0 Å². The Hall–Kier alpha value is 0.310. The van der Waals surface area contributed by atoms with Crippen molar-refractivity contribution in [2.75, 3.05) is 13.1 Å². The number of likely N-dealkylation sites (tertiary alicyclic amines) is 1. The van der Waals surface area contributed by atoms with Gasteiger partial charge in [-0.15, -0.1) is 0 Å². The van der Waals surface area contributed by atoms with Gasteiger partial charge in [0.05, 0.1) is 1.12 Å². The monoisotopic (exact) mass is 176 g/mol. The van der Waals surface area contributed by atoms with Gasteiger partial charge in [-0.2, -0.15) is 13.4 Å². The van der Waals surface area contributed by atoms with Crippen molar-refractivity contribution < 1.29 is 0 Å². The third kappa shape index (κ3) is 3.48. The topological polar surface area (TPSA) is 3.24 Å². The van der Waals surface area contributed by atoms with Crippen molar-refractivity contribution in [1.29, 1.82) is 1.12 Å². The van der Waals surface area contributed by atoms with Gasteiger partial charge in [-0.25, -0.2) is 0 Å². The maximum atomic E-state index is 5.44. The first-order valence-corrected chi connectivity index (χ1v) is 4.44. The molecule has 1 fully saturated rings. The lowest BCUT2D eigenvalue weighted by Crippen LogP contribution is -2.37. The third-order valence-electron chi connectivity index (χ3n) is 2.55. The minimum absolute atomic E-state index is 0.757. The minimum atomic E-state index is 0.757. The molecule has 0 aromatic rings. The van der Waals surface area contributed by atoms with Crippen LogP contribution in [0.25, 0.3) is 0 Å². The molecule has 0 radical (unpaired) electrons. The van der Waals surface area contributed by atoms with E-state index in [1.807, 2.05) is 0 Å². The molecule has 1 rings (SSSR count). The molecular weight excluding hydrogens is 154 g/mol. The Morgan fingerprint density at radius 2 is 1.82 bits per heavy atom. The van der Waals surface area contributed by atoms with Crippen LogP contribution in [0.2, 0.25) is 0 Å². The van der Waals surface area contributed by atoms with Crippen molar-refractivity contribution in [2.45, 2.75) is 39.7 Å². The van der Waals surface area contributed by atoms with Crippen LogP contribution < -0.4 is 0 Å². The van der Waals surface area contributed by atoms with Crippen LogP contribution in [0.1, 0.15) is 33.6 Å². The summed E-state index contributed by atoms with van der Waals surface area (Å²) in [5.41, 5.74) is 0. The fourth-order valence-corrected chi connectivity index (χ4v) is 1.54. The summed E-state index contributed by atoms with van der Waals surface area (Å²) in [6, 6.07) is 0.757. The summed E-state index contributed by atoms with van der Waals surface area (Å²) in [5, 5.41) is 0. The number of hydrogen-bond donors (Lipinski definition) is 0. The Labute approximate surface area is 78.7 Å². The van der Waals surface area contributed by atoms with Gasteiger partial charge in [-0.05, 0) is 45.7 Å². The smallest absolute Gasteiger partial charge is 0.0985 e. The van der Waals surface area contributed by atoms with Crippen molar-refractivity contribution in [3.63, 3.8) is 0 Å². The lowest BCUT2D eigenvalue weighted by Gasteiger charge is -2.33. The molecule has 1 aliphatic heterocycles. The molecule has 1 saturated heterocycles. The van der Waals surface area contributed by atoms with Gasteiger partial charge in [0.2, 0.25) is 0 Å². The first-order valence-electron chi connectivity index (χ1n) is 4.89. The zero-order valence-electron chi connectivity index (χ0n) is 8.88. The van der Waals surface area contributed by atoms with Gasteiger partial charge in [0.15, 0.2) is 0 Å². The Morgan fingerprint density at radius 1 is 1.36 bits per heavy atom. The Balaban J connectivity index is 0.000000561. The lowest BCUT2D eigenvalue weighted by atomic mass is 9.98. The summed E-state index contributed by atoms with van der Waals surface area (Å²) < 4.78 is 5.44. The van der Waals surface area contributed by atoms with E-state index in [2.05, 4.69) is 39.1 Å². The summed E-state index contributed by atoms with van der Waals surface area (Å²) >= 11 is 2.78. The Bertz CT molecular complexity index is 101. The summed E-state index contributed by atoms with van der Waals surface area (Å²) in [6.45, 7) is 9.57. The molecule has 1 aliphatic rings. The number of nitrogens with zero attached hydrogens (tertiary/aromatic N) is 1. The van der Waals surface area contributed by atoms with Crippen LogP contribution in [-0.4, -0.2) is 25.2 Å². The Morgan fingerprint density at radius 3 is 2.18 bits per heavy atom. The zero-order valence-corrected chi connectivity index (χ0v) is 8.77. The molecule has 0 saturated carbocycles. The van der Waals surface area contributed by atoms with Gasteiger partial charge in [0.25, 0.3) is 0 Å². The molecule has 1 heterocycles. The highest BCUT2D eigenvalue weighted by molar-refractivity contribution is 7.59. The van der Waals surface area contributed by atoms with Crippen LogP contribution in [0, 0.1) is 5.92 Å². The molecule has 0 aromatic carbocycles. The molecule has 0 bridgehead atoms. The predicted octanol–water partition coefficient (Wildman–Crippen LogP) is 2.24. The molecule has 2 heteroatoms. The normalized spacial score (nSPS) is 22.5. The molecule has 0 N–H and O–H groups in total. The minimum Gasteiger partial charge on any atom is -0.301 e. The summed E-state index contributed by atoms with van der Waals surface area (Å²) in [5.74, 6) is 0.968. The SMILES string of the molecule is CC1CCN(C(C)C)CC1.[2H]S. The zero-order chi connectivity index (χ0) is 9.56. The van der Waals surface area contributed by atoms with Gasteiger partial charge >= 0.3 is 0 Å². The number of rotatable bonds is 1. The quantitative estimate of drug-likeness (QED) is 0.592. The number of hydrogen-bond acceptors (Lipinski definition) is 1. The van der Waals surface area contributed by atoms with Gasteiger partial charge in [-0.3, -0.25) is 0 Å². The van der Waals surface area contributed by atoms with E-state index in [9.17, 15) is 0 Å². The molecule has 0 aromatic heterocycles. The summed E-state index contributed by atoms with van der Waals surface area (Å²) in [7, 11) is 0. The fourth-order valence-electron chi connectivity index (χ4n) is 1.54. The van der Waals surface area contributed by atoms with Crippen LogP contribution in [0.4, 0.5) is 0 Å². The lowest BCUT2D eigenvalue weighted by molar-refractivity contribution is 0.156. The maximum Gasteiger partial charge on any atom is 0.0985 e. The highest BCUT2D eigenvalue weighted by Gasteiger charge is 2.16. The van der Waals surface area contributed by atoms with Gasteiger partial charge in [0, 0.05) is 6.04 Å². The first kappa shape index (κ1) is 9.40. The van der Waals surface area contributed by atoms with Gasteiger partial charge < -0.3 is 4.90 Å². The van der Waals surface area contributed by atoms with E-state index in [-0.39, 0.29) is 0 Å². The Kier molecular flexibility index (Phi) is 4.31. The van der Waals surface area contributed by atoms with Crippen LogP contribution in [0.15, 0.2) is 0 Å². The largest absolute Gasteiger partial charge is 0.301 e. The van der Waals surface area contributed by atoms with Crippen LogP contribution in [0.5, 0.6) is 0 Å².